The van der Waals surface area contributed by atoms with Crippen molar-refractivity contribution >= 4 is 17.5 Å². The minimum Gasteiger partial charge on any atom is -0.348 e. The molecule has 0 heterocycles. The van der Waals surface area contributed by atoms with Crippen LogP contribution in [0.3, 0.4) is 0 Å². The molecule has 0 aliphatic heterocycles. The van der Waals surface area contributed by atoms with Gasteiger partial charge in [-0.15, -0.1) is 0 Å². The average Bonchev–Trinajstić information content (AvgIpc) is 2.66. The van der Waals surface area contributed by atoms with Crippen molar-refractivity contribution in [2.45, 2.75) is 33.2 Å². The molecule has 5 nitrogen and oxygen atoms in total. The molecule has 0 saturated carbocycles. The molecule has 26 heavy (non-hydrogen) atoms. The molecule has 2 N–H and O–H groups in total. The third-order valence-corrected chi connectivity index (χ3v) is 4.18. The molecule has 134 valence electrons. The maximum absolute atomic E-state index is 12.3. The van der Waals surface area contributed by atoms with E-state index >= 15 is 0 Å². The van der Waals surface area contributed by atoms with Crippen LogP contribution in [0.1, 0.15) is 41.8 Å². The summed E-state index contributed by atoms with van der Waals surface area (Å²) >= 11 is 0. The van der Waals surface area contributed by atoms with Crippen LogP contribution in [0.25, 0.3) is 0 Å². The van der Waals surface area contributed by atoms with Crippen LogP contribution in [-0.2, 0) is 17.8 Å². The summed E-state index contributed by atoms with van der Waals surface area (Å²) in [6, 6.07) is 16.5. The molecule has 0 saturated heterocycles. The number of rotatable bonds is 7. The van der Waals surface area contributed by atoms with Gasteiger partial charge in [0.15, 0.2) is 0 Å². The molecule has 1 unspecified atom stereocenters. The van der Waals surface area contributed by atoms with Crippen LogP contribution in [0, 0.1) is 17.2 Å². The van der Waals surface area contributed by atoms with Crippen molar-refractivity contribution in [1.29, 1.82) is 5.26 Å². The van der Waals surface area contributed by atoms with Gasteiger partial charge >= 0.3 is 0 Å². The molecule has 2 amide bonds. The van der Waals surface area contributed by atoms with Crippen molar-refractivity contribution in [2.24, 2.45) is 5.92 Å². The third kappa shape index (κ3) is 5.45. The van der Waals surface area contributed by atoms with Crippen molar-refractivity contribution in [3.63, 3.8) is 0 Å². The molecule has 0 aliphatic carbocycles. The second-order valence-corrected chi connectivity index (χ2v) is 6.22. The van der Waals surface area contributed by atoms with Gasteiger partial charge in [0, 0.05) is 23.7 Å². The van der Waals surface area contributed by atoms with Gasteiger partial charge in [0.05, 0.1) is 12.5 Å². The summed E-state index contributed by atoms with van der Waals surface area (Å²) in [4.78, 5) is 24.3. The maximum Gasteiger partial charge on any atom is 0.251 e. The number of benzene rings is 2. The van der Waals surface area contributed by atoms with Crippen LogP contribution in [0.15, 0.2) is 48.5 Å². The van der Waals surface area contributed by atoms with Crippen LogP contribution in [0.4, 0.5) is 5.69 Å². The normalized spacial score (nSPS) is 11.3. The highest BCUT2D eigenvalue weighted by atomic mass is 16.2. The number of anilines is 1. The largest absolute Gasteiger partial charge is 0.348 e. The van der Waals surface area contributed by atoms with Gasteiger partial charge in [-0.3, -0.25) is 9.59 Å². The first-order valence-electron chi connectivity index (χ1n) is 8.67. The highest BCUT2D eigenvalue weighted by Crippen LogP contribution is 2.13. The molecule has 2 aromatic carbocycles. The molecular weight excluding hydrogens is 326 g/mol. The SMILES string of the molecule is CCC(C)C(=O)Nc1cccc(CNC(=O)c2cccc(CC#N)c2)c1. The number of nitriles is 1. The number of carbonyl (C=O) groups is 2. The van der Waals surface area contributed by atoms with Gasteiger partial charge in [0.2, 0.25) is 5.91 Å². The van der Waals surface area contributed by atoms with E-state index in [0.717, 1.165) is 23.2 Å². The summed E-state index contributed by atoms with van der Waals surface area (Å²) < 4.78 is 0. The Morgan fingerprint density at radius 3 is 2.58 bits per heavy atom. The molecule has 0 fully saturated rings. The first-order chi connectivity index (χ1) is 12.5. The summed E-state index contributed by atoms with van der Waals surface area (Å²) in [7, 11) is 0. The fourth-order valence-corrected chi connectivity index (χ4v) is 2.41. The minimum atomic E-state index is -0.196. The van der Waals surface area contributed by atoms with Gasteiger partial charge in [-0.05, 0) is 41.8 Å². The zero-order valence-corrected chi connectivity index (χ0v) is 15.1. The third-order valence-electron chi connectivity index (χ3n) is 4.18. The first kappa shape index (κ1) is 19.2. The Balaban J connectivity index is 1.98. The van der Waals surface area contributed by atoms with Gasteiger partial charge < -0.3 is 10.6 Å². The Morgan fingerprint density at radius 1 is 1.12 bits per heavy atom. The van der Waals surface area contributed by atoms with Gasteiger partial charge in [0.1, 0.15) is 0 Å². The minimum absolute atomic E-state index is 0.0111. The van der Waals surface area contributed by atoms with E-state index in [2.05, 4.69) is 16.7 Å². The van der Waals surface area contributed by atoms with Gasteiger partial charge in [-0.2, -0.15) is 5.26 Å². The Morgan fingerprint density at radius 2 is 1.85 bits per heavy atom. The molecular formula is C21H23N3O2. The van der Waals surface area contributed by atoms with Crippen molar-refractivity contribution in [1.82, 2.24) is 5.32 Å². The Kier molecular flexibility index (Phi) is 6.92. The summed E-state index contributed by atoms with van der Waals surface area (Å²) in [5.74, 6) is -0.249. The van der Waals surface area contributed by atoms with Crippen LogP contribution in [0.2, 0.25) is 0 Å². The second kappa shape index (κ2) is 9.38. The molecule has 5 heteroatoms. The molecule has 2 rings (SSSR count). The van der Waals surface area contributed by atoms with Crippen molar-refractivity contribution in [2.75, 3.05) is 5.32 Å². The Labute approximate surface area is 154 Å². The number of nitrogens with zero attached hydrogens (tertiary/aromatic N) is 1. The van der Waals surface area contributed by atoms with E-state index in [1.54, 1.807) is 18.2 Å². The maximum atomic E-state index is 12.3. The topological polar surface area (TPSA) is 82.0 Å². The van der Waals surface area contributed by atoms with Crippen molar-refractivity contribution < 1.29 is 9.59 Å². The van der Waals surface area contributed by atoms with Crippen LogP contribution in [0.5, 0.6) is 0 Å². The lowest BCUT2D eigenvalue weighted by molar-refractivity contribution is -0.119. The number of amides is 2. The smallest absolute Gasteiger partial charge is 0.251 e. The van der Waals surface area contributed by atoms with Crippen LogP contribution >= 0.6 is 0 Å². The Bertz CT molecular complexity index is 824. The van der Waals surface area contributed by atoms with E-state index in [4.69, 9.17) is 5.26 Å². The quantitative estimate of drug-likeness (QED) is 0.800. The lowest BCUT2D eigenvalue weighted by Crippen LogP contribution is -2.23. The zero-order chi connectivity index (χ0) is 18.9. The number of hydrogen-bond donors (Lipinski definition) is 2. The monoisotopic (exact) mass is 349 g/mol. The van der Waals surface area contributed by atoms with Crippen LogP contribution < -0.4 is 10.6 Å². The highest BCUT2D eigenvalue weighted by molar-refractivity contribution is 5.94. The van der Waals surface area contributed by atoms with E-state index in [1.165, 1.54) is 0 Å². The molecule has 0 aromatic heterocycles. The van der Waals surface area contributed by atoms with E-state index in [9.17, 15) is 9.59 Å². The van der Waals surface area contributed by atoms with E-state index in [-0.39, 0.29) is 24.2 Å². The highest BCUT2D eigenvalue weighted by Gasteiger charge is 2.11. The van der Waals surface area contributed by atoms with Crippen molar-refractivity contribution in [3.8, 4) is 6.07 Å². The number of carbonyl (C=O) groups excluding carboxylic acids is 2. The number of hydrogen-bond acceptors (Lipinski definition) is 3. The fourth-order valence-electron chi connectivity index (χ4n) is 2.41. The lowest BCUT2D eigenvalue weighted by atomic mass is 10.1. The molecule has 0 spiro atoms. The van der Waals surface area contributed by atoms with Crippen LogP contribution in [-0.4, -0.2) is 11.8 Å². The summed E-state index contributed by atoms with van der Waals surface area (Å²) in [5, 5.41) is 14.5. The predicted octanol–water partition coefficient (Wildman–Crippen LogP) is 3.67. The zero-order valence-electron chi connectivity index (χ0n) is 15.1. The second-order valence-electron chi connectivity index (χ2n) is 6.22. The van der Waals surface area contributed by atoms with E-state index in [0.29, 0.717) is 12.1 Å². The standard InChI is InChI=1S/C21H23N3O2/c1-3-15(2)20(25)24-19-9-5-7-17(13-19)14-23-21(26)18-8-4-6-16(12-18)10-11-22/h4-9,12-13,15H,3,10,14H2,1-2H3,(H,23,26)(H,24,25). The van der Waals surface area contributed by atoms with E-state index < -0.39 is 0 Å². The average molecular weight is 349 g/mol. The molecule has 1 atom stereocenters. The predicted molar refractivity (Wildman–Crippen MR) is 101 cm³/mol. The van der Waals surface area contributed by atoms with E-state index in [1.807, 2.05) is 44.2 Å². The Hall–Kier alpha value is -3.13. The van der Waals surface area contributed by atoms with Crippen molar-refractivity contribution in [3.05, 3.63) is 65.2 Å². The lowest BCUT2D eigenvalue weighted by Gasteiger charge is -2.11. The van der Waals surface area contributed by atoms with Gasteiger partial charge in [0.25, 0.3) is 5.91 Å². The summed E-state index contributed by atoms with van der Waals surface area (Å²) in [6.07, 6.45) is 1.06. The molecule has 0 aliphatic rings. The number of nitrogens with one attached hydrogen (secondary N) is 2. The fraction of sp³-hybridized carbons (Fsp3) is 0.286. The van der Waals surface area contributed by atoms with Gasteiger partial charge in [-0.1, -0.05) is 38.1 Å². The van der Waals surface area contributed by atoms with Gasteiger partial charge in [-0.25, -0.2) is 0 Å². The molecule has 2 aromatic rings. The molecule has 0 radical (unpaired) electrons. The first-order valence-corrected chi connectivity index (χ1v) is 8.67. The molecule has 0 bridgehead atoms. The summed E-state index contributed by atoms with van der Waals surface area (Å²) in [6.45, 7) is 4.22. The summed E-state index contributed by atoms with van der Waals surface area (Å²) in [5.41, 5.74) is 2.96.